The van der Waals surface area contributed by atoms with Gasteiger partial charge in [0.15, 0.2) is 17.9 Å². The highest BCUT2D eigenvalue weighted by atomic mass is 35.5. The zero-order valence-corrected chi connectivity index (χ0v) is 27.0. The molecule has 2 aromatic heterocycles. The average Bonchev–Trinajstić information content (AvgIpc) is 3.79. The van der Waals surface area contributed by atoms with Gasteiger partial charge in [0.25, 0.3) is 0 Å². The molecule has 7 rings (SSSR count). The van der Waals surface area contributed by atoms with E-state index in [9.17, 15) is 14.7 Å². The topological polar surface area (TPSA) is 146 Å². The summed E-state index contributed by atoms with van der Waals surface area (Å²) in [5, 5.41) is 14.9. The van der Waals surface area contributed by atoms with Gasteiger partial charge in [-0.2, -0.15) is 4.98 Å². The van der Waals surface area contributed by atoms with Gasteiger partial charge in [-0.25, -0.2) is 9.97 Å². The predicted molar refractivity (Wildman–Crippen MR) is 173 cm³/mol. The number of nitrogens with one attached hydrogen (secondary N) is 1. The van der Waals surface area contributed by atoms with E-state index in [2.05, 4.69) is 20.2 Å². The number of aliphatic hydroxyl groups is 1. The van der Waals surface area contributed by atoms with Crippen molar-refractivity contribution >= 4 is 35.1 Å². The lowest BCUT2D eigenvalue weighted by molar-refractivity contribution is -0.132. The maximum atomic E-state index is 13.4. The number of piperazine rings is 1. The number of anilines is 2. The summed E-state index contributed by atoms with van der Waals surface area (Å²) in [7, 11) is 0. The molecule has 47 heavy (non-hydrogen) atoms. The number of carbonyl (C=O) groups is 2. The SMILES string of the molecule is O=C(CC[C@H](O)CN1CCc2c(ccc(OCc3cnco3)c2Cl)C1)c1cc(NC2COC2)nc(N2CCN(C(=O)C3CC3)CC2)n1. The number of hydrogen-bond acceptors (Lipinski definition) is 12. The van der Waals surface area contributed by atoms with Crippen LogP contribution in [0.25, 0.3) is 0 Å². The highest BCUT2D eigenvalue weighted by molar-refractivity contribution is 6.33. The molecule has 4 aliphatic rings. The van der Waals surface area contributed by atoms with Gasteiger partial charge in [-0.3, -0.25) is 14.5 Å². The Balaban J connectivity index is 0.933. The van der Waals surface area contributed by atoms with Crippen LogP contribution in [0.1, 0.15) is 53.1 Å². The first-order chi connectivity index (χ1) is 22.9. The normalized spacial score (nSPS) is 19.2. The number of aliphatic hydroxyl groups excluding tert-OH is 1. The largest absolute Gasteiger partial charge is 0.484 e. The number of ether oxygens (including phenoxy) is 2. The quantitative estimate of drug-likeness (QED) is 0.259. The van der Waals surface area contributed by atoms with E-state index in [1.807, 2.05) is 21.9 Å². The van der Waals surface area contributed by atoms with Gasteiger partial charge in [0, 0.05) is 64.2 Å². The third-order valence-corrected chi connectivity index (χ3v) is 9.61. The lowest BCUT2D eigenvalue weighted by atomic mass is 9.98. The van der Waals surface area contributed by atoms with Crippen LogP contribution in [0.15, 0.2) is 35.2 Å². The number of amides is 1. The first-order valence-electron chi connectivity index (χ1n) is 16.4. The highest BCUT2D eigenvalue weighted by Gasteiger charge is 2.35. The van der Waals surface area contributed by atoms with E-state index in [1.54, 1.807) is 12.3 Å². The Kier molecular flexibility index (Phi) is 9.57. The number of aromatic nitrogens is 3. The van der Waals surface area contributed by atoms with Crippen molar-refractivity contribution in [2.45, 2.75) is 57.4 Å². The molecule has 14 heteroatoms. The number of carbonyl (C=O) groups excluding carboxylic acids is 2. The first-order valence-corrected chi connectivity index (χ1v) is 16.8. The maximum Gasteiger partial charge on any atom is 0.228 e. The minimum Gasteiger partial charge on any atom is -0.484 e. The summed E-state index contributed by atoms with van der Waals surface area (Å²) in [6, 6.07) is 5.70. The second-order valence-electron chi connectivity index (χ2n) is 12.8. The maximum absolute atomic E-state index is 13.4. The molecule has 1 aliphatic carbocycles. The number of Topliss-reactive ketones (excluding diaryl/α,β-unsaturated/α-hetero) is 1. The van der Waals surface area contributed by atoms with E-state index in [1.165, 1.54) is 6.39 Å². The number of halogens is 1. The summed E-state index contributed by atoms with van der Waals surface area (Å²) < 4.78 is 16.4. The molecule has 3 aliphatic heterocycles. The molecule has 0 spiro atoms. The summed E-state index contributed by atoms with van der Waals surface area (Å²) in [5.74, 6) is 2.59. The van der Waals surface area contributed by atoms with Crippen LogP contribution in [0.2, 0.25) is 5.02 Å². The van der Waals surface area contributed by atoms with Crippen LogP contribution in [0.4, 0.5) is 11.8 Å². The molecule has 1 amide bonds. The van der Waals surface area contributed by atoms with E-state index >= 15 is 0 Å². The molecule has 1 atom stereocenters. The molecule has 3 fully saturated rings. The molecule has 3 aromatic rings. The van der Waals surface area contributed by atoms with Crippen molar-refractivity contribution in [3.8, 4) is 5.75 Å². The lowest BCUT2D eigenvalue weighted by Gasteiger charge is -2.35. The standard InChI is InChI=1S/C33H40ClN7O6/c34-31-26-7-8-39(15-22(26)3-6-29(31)46-19-25-14-35-20-47-25)16-24(42)4-5-28(43)27-13-30(36-23-17-45-18-23)38-33(37-27)41-11-9-40(10-12-41)32(44)21-1-2-21/h3,6,13-14,20-21,23-24,42H,1-2,4-5,7-12,15-19H2,(H,36,37,38)/t24-/m0/s1. The molecule has 5 heterocycles. The Labute approximate surface area is 278 Å². The number of hydrogen-bond donors (Lipinski definition) is 2. The van der Waals surface area contributed by atoms with Crippen molar-refractivity contribution in [3.63, 3.8) is 0 Å². The zero-order chi connectivity index (χ0) is 32.3. The summed E-state index contributed by atoms with van der Waals surface area (Å²) in [6.45, 7) is 5.71. The van der Waals surface area contributed by atoms with Crippen molar-refractivity contribution in [1.82, 2.24) is 24.8 Å². The number of rotatable bonds is 13. The Morgan fingerprint density at radius 1 is 1.13 bits per heavy atom. The third-order valence-electron chi connectivity index (χ3n) is 9.19. The van der Waals surface area contributed by atoms with E-state index in [-0.39, 0.29) is 36.7 Å². The molecule has 0 radical (unpaired) electrons. The van der Waals surface area contributed by atoms with Gasteiger partial charge in [-0.1, -0.05) is 17.7 Å². The van der Waals surface area contributed by atoms with Gasteiger partial charge in [-0.15, -0.1) is 0 Å². The summed E-state index contributed by atoms with van der Waals surface area (Å²) >= 11 is 6.69. The summed E-state index contributed by atoms with van der Waals surface area (Å²) in [6.07, 6.45) is 5.49. The fourth-order valence-electron chi connectivity index (χ4n) is 6.23. The predicted octanol–water partition coefficient (Wildman–Crippen LogP) is 2.95. The van der Waals surface area contributed by atoms with E-state index < -0.39 is 6.10 Å². The summed E-state index contributed by atoms with van der Waals surface area (Å²) in [4.78, 5) is 45.4. The smallest absolute Gasteiger partial charge is 0.228 e. The number of fused-ring (bicyclic) bond motifs is 1. The second-order valence-corrected chi connectivity index (χ2v) is 13.2. The van der Waals surface area contributed by atoms with Crippen LogP contribution < -0.4 is 15.0 Å². The number of β-amino-alcohol motifs (C(OH)–C–C–N with tert-alkyl or cyclic N) is 1. The fourth-order valence-corrected chi connectivity index (χ4v) is 6.56. The van der Waals surface area contributed by atoms with Gasteiger partial charge in [-0.05, 0) is 42.9 Å². The Hall–Kier alpha value is -3.78. The van der Waals surface area contributed by atoms with Gasteiger partial charge < -0.3 is 34.1 Å². The van der Waals surface area contributed by atoms with Crippen molar-refractivity contribution in [1.29, 1.82) is 0 Å². The van der Waals surface area contributed by atoms with E-state index in [4.69, 9.17) is 30.5 Å². The van der Waals surface area contributed by atoms with Crippen LogP contribution in [0.5, 0.6) is 5.75 Å². The summed E-state index contributed by atoms with van der Waals surface area (Å²) in [5.41, 5.74) is 2.47. The molecule has 1 saturated carbocycles. The molecular weight excluding hydrogens is 626 g/mol. The van der Waals surface area contributed by atoms with Crippen LogP contribution >= 0.6 is 11.6 Å². The van der Waals surface area contributed by atoms with E-state index in [0.29, 0.717) is 92.9 Å². The minimum absolute atomic E-state index is 0.137. The molecule has 0 unspecified atom stereocenters. The van der Waals surface area contributed by atoms with Crippen LogP contribution in [0, 0.1) is 5.92 Å². The number of nitrogens with zero attached hydrogens (tertiary/aromatic N) is 6. The van der Waals surface area contributed by atoms with Crippen LogP contribution in [-0.4, -0.2) is 106 Å². The Morgan fingerprint density at radius 3 is 2.68 bits per heavy atom. The fraction of sp³-hybridized carbons (Fsp3) is 0.545. The molecule has 13 nitrogen and oxygen atoms in total. The van der Waals surface area contributed by atoms with Gasteiger partial charge in [0.1, 0.15) is 23.9 Å². The van der Waals surface area contributed by atoms with Crippen LogP contribution in [0.3, 0.4) is 0 Å². The number of oxazole rings is 1. The lowest BCUT2D eigenvalue weighted by Crippen LogP contribution is -2.50. The Bertz CT molecular complexity index is 1570. The average molecular weight is 666 g/mol. The van der Waals surface area contributed by atoms with Crippen molar-refractivity contribution < 1.29 is 28.6 Å². The molecule has 0 bridgehead atoms. The zero-order valence-electron chi connectivity index (χ0n) is 26.3. The monoisotopic (exact) mass is 665 g/mol. The Morgan fingerprint density at radius 2 is 1.96 bits per heavy atom. The molecular formula is C33H40ClN7O6. The number of ketones is 1. The molecule has 2 saturated heterocycles. The molecule has 1 aromatic carbocycles. The van der Waals surface area contributed by atoms with E-state index in [0.717, 1.165) is 36.9 Å². The molecule has 250 valence electrons. The second kappa shape index (κ2) is 14.1. The van der Waals surface area contributed by atoms with Gasteiger partial charge in [0.2, 0.25) is 11.9 Å². The van der Waals surface area contributed by atoms with Gasteiger partial charge >= 0.3 is 0 Å². The number of benzene rings is 1. The first kappa shape index (κ1) is 31.8. The van der Waals surface area contributed by atoms with Crippen molar-refractivity contribution in [3.05, 3.63) is 58.4 Å². The van der Waals surface area contributed by atoms with Crippen molar-refractivity contribution in [2.24, 2.45) is 5.92 Å². The molecule has 2 N–H and O–H groups in total. The van der Waals surface area contributed by atoms with Crippen LogP contribution in [-0.2, 0) is 29.1 Å². The van der Waals surface area contributed by atoms with Gasteiger partial charge in [0.05, 0.1) is 36.6 Å². The minimum atomic E-state index is -0.677. The third kappa shape index (κ3) is 7.69. The van der Waals surface area contributed by atoms with Crippen molar-refractivity contribution in [2.75, 3.05) is 62.7 Å². The highest BCUT2D eigenvalue weighted by Crippen LogP contribution is 2.35.